The fourth-order valence-corrected chi connectivity index (χ4v) is 2.34. The Labute approximate surface area is 105 Å². The zero-order valence-corrected chi connectivity index (χ0v) is 13.0. The molecule has 0 heterocycles. The van der Waals surface area contributed by atoms with Crippen LogP contribution < -0.4 is 0 Å². The molecule has 2 atom stereocenters. The van der Waals surface area contributed by atoms with Crippen molar-refractivity contribution >= 4 is 14.3 Å². The molecule has 0 rings (SSSR count). The minimum Gasteiger partial charge on any atom is -0.464 e. The first kappa shape index (κ1) is 16.6. The smallest absolute Gasteiger partial charge is 0.336 e. The van der Waals surface area contributed by atoms with Gasteiger partial charge >= 0.3 is 5.97 Å². The van der Waals surface area contributed by atoms with Crippen LogP contribution in [0, 0.1) is 0 Å². The van der Waals surface area contributed by atoms with Crippen molar-refractivity contribution in [1.29, 1.82) is 0 Å². The normalized spacial score (nSPS) is 16.5. The molecule has 0 aromatic heterocycles. The van der Waals surface area contributed by atoms with Crippen LogP contribution in [0.25, 0.3) is 0 Å². The molecule has 0 fully saturated rings. The molecule has 0 saturated carbocycles. The van der Waals surface area contributed by atoms with Gasteiger partial charge < -0.3 is 14.3 Å². The van der Waals surface area contributed by atoms with E-state index in [1.165, 1.54) is 0 Å². The molecule has 0 radical (unpaired) electrons. The van der Waals surface area contributed by atoms with Crippen LogP contribution in [0.4, 0.5) is 0 Å². The summed E-state index contributed by atoms with van der Waals surface area (Å²) in [5, 5.41) is 9.63. The SMILES string of the molecule is CCOC(=O)[C@@H](O[Si](C)(C)C(C)(C)C)[C@H](C)O. The van der Waals surface area contributed by atoms with Gasteiger partial charge in [0, 0.05) is 0 Å². The number of aliphatic hydroxyl groups is 1. The van der Waals surface area contributed by atoms with E-state index in [2.05, 4.69) is 20.8 Å². The number of ether oxygens (including phenoxy) is 1. The number of rotatable bonds is 5. The van der Waals surface area contributed by atoms with Crippen LogP contribution in [0.2, 0.25) is 18.1 Å². The van der Waals surface area contributed by atoms with Gasteiger partial charge in [0.1, 0.15) is 0 Å². The van der Waals surface area contributed by atoms with Gasteiger partial charge in [0.05, 0.1) is 12.7 Å². The minimum absolute atomic E-state index is 0.00731. The highest BCUT2D eigenvalue weighted by Crippen LogP contribution is 2.37. The summed E-state index contributed by atoms with van der Waals surface area (Å²) in [6.07, 6.45) is -1.74. The molecule has 0 amide bonds. The number of aliphatic hydroxyl groups excluding tert-OH is 1. The van der Waals surface area contributed by atoms with Crippen molar-refractivity contribution in [1.82, 2.24) is 0 Å². The van der Waals surface area contributed by atoms with E-state index in [0.29, 0.717) is 6.61 Å². The van der Waals surface area contributed by atoms with Crippen LogP contribution in [0.3, 0.4) is 0 Å². The van der Waals surface area contributed by atoms with Crippen LogP contribution in [0.5, 0.6) is 0 Å². The first-order chi connectivity index (χ1) is 7.53. The molecular weight excluding hydrogens is 236 g/mol. The summed E-state index contributed by atoms with van der Waals surface area (Å²) in [5.74, 6) is -0.479. The molecule has 0 aromatic rings. The molecule has 4 nitrogen and oxygen atoms in total. The highest BCUT2D eigenvalue weighted by molar-refractivity contribution is 6.74. The third-order valence-corrected chi connectivity index (χ3v) is 7.64. The fraction of sp³-hybridized carbons (Fsp3) is 0.917. The molecule has 0 spiro atoms. The van der Waals surface area contributed by atoms with E-state index < -0.39 is 26.5 Å². The lowest BCUT2D eigenvalue weighted by atomic mass is 10.2. The molecule has 17 heavy (non-hydrogen) atoms. The number of hydrogen-bond acceptors (Lipinski definition) is 4. The quantitative estimate of drug-likeness (QED) is 0.610. The molecule has 102 valence electrons. The summed E-state index contributed by atoms with van der Waals surface area (Å²) in [6.45, 7) is 13.9. The Kier molecular flexibility index (Phi) is 5.84. The predicted molar refractivity (Wildman–Crippen MR) is 70.4 cm³/mol. The van der Waals surface area contributed by atoms with Gasteiger partial charge in [-0.05, 0) is 32.0 Å². The molecule has 0 aliphatic heterocycles. The maximum Gasteiger partial charge on any atom is 0.336 e. The standard InChI is InChI=1S/C12H26O4Si/c1-8-15-11(14)10(9(2)13)16-17(6,7)12(3,4)5/h9-10,13H,8H2,1-7H3/t9-,10-/m0/s1. The molecule has 0 bridgehead atoms. The van der Waals surface area contributed by atoms with Gasteiger partial charge in [-0.3, -0.25) is 0 Å². The van der Waals surface area contributed by atoms with Crippen LogP contribution in [0.15, 0.2) is 0 Å². The number of carbonyl (C=O) groups excluding carboxylic acids is 1. The molecule has 0 unspecified atom stereocenters. The highest BCUT2D eigenvalue weighted by Gasteiger charge is 2.42. The highest BCUT2D eigenvalue weighted by atomic mass is 28.4. The predicted octanol–water partition coefficient (Wildman–Crippen LogP) is 2.32. The summed E-state index contributed by atoms with van der Waals surface area (Å²) in [6, 6.07) is 0. The number of esters is 1. The summed E-state index contributed by atoms with van der Waals surface area (Å²) >= 11 is 0. The molecular formula is C12H26O4Si. The van der Waals surface area contributed by atoms with E-state index in [4.69, 9.17) is 9.16 Å². The van der Waals surface area contributed by atoms with E-state index in [1.54, 1.807) is 13.8 Å². The second-order valence-corrected chi connectivity index (χ2v) is 10.5. The molecule has 0 aromatic carbocycles. The molecule has 5 heteroatoms. The average molecular weight is 262 g/mol. The maximum absolute atomic E-state index is 11.7. The Bertz CT molecular complexity index is 256. The van der Waals surface area contributed by atoms with E-state index >= 15 is 0 Å². The van der Waals surface area contributed by atoms with Crippen LogP contribution in [-0.4, -0.2) is 38.2 Å². The van der Waals surface area contributed by atoms with E-state index in [-0.39, 0.29) is 5.04 Å². The van der Waals surface area contributed by atoms with Crippen molar-refractivity contribution in [2.45, 2.75) is 65.0 Å². The van der Waals surface area contributed by atoms with Gasteiger partial charge in [-0.25, -0.2) is 4.79 Å². The van der Waals surface area contributed by atoms with Crippen molar-refractivity contribution in [3.8, 4) is 0 Å². The van der Waals surface area contributed by atoms with Crippen molar-refractivity contribution < 1.29 is 19.1 Å². The summed E-state index contributed by atoms with van der Waals surface area (Å²) in [5.41, 5.74) is 0. The Morgan fingerprint density at radius 3 is 2.12 bits per heavy atom. The summed E-state index contributed by atoms with van der Waals surface area (Å²) in [4.78, 5) is 11.7. The topological polar surface area (TPSA) is 55.8 Å². The second-order valence-electron chi connectivity index (χ2n) is 5.79. The molecule has 1 N–H and O–H groups in total. The van der Waals surface area contributed by atoms with Gasteiger partial charge in [-0.1, -0.05) is 20.8 Å². The minimum atomic E-state index is -2.08. The lowest BCUT2D eigenvalue weighted by Crippen LogP contribution is -2.49. The first-order valence-corrected chi connectivity index (χ1v) is 8.96. The largest absolute Gasteiger partial charge is 0.464 e. The Hall–Kier alpha value is -0.393. The van der Waals surface area contributed by atoms with Crippen LogP contribution in [-0.2, 0) is 14.0 Å². The zero-order chi connectivity index (χ0) is 13.9. The Morgan fingerprint density at radius 1 is 1.35 bits per heavy atom. The van der Waals surface area contributed by atoms with Crippen molar-refractivity contribution in [3.63, 3.8) is 0 Å². The number of carbonyl (C=O) groups is 1. The lowest BCUT2D eigenvalue weighted by Gasteiger charge is -2.39. The average Bonchev–Trinajstić information content (AvgIpc) is 2.12. The third-order valence-electron chi connectivity index (χ3n) is 3.18. The zero-order valence-electron chi connectivity index (χ0n) is 12.0. The number of hydrogen-bond donors (Lipinski definition) is 1. The van der Waals surface area contributed by atoms with E-state index in [0.717, 1.165) is 0 Å². The van der Waals surface area contributed by atoms with Gasteiger partial charge in [0.2, 0.25) is 0 Å². The van der Waals surface area contributed by atoms with Crippen molar-refractivity contribution in [3.05, 3.63) is 0 Å². The van der Waals surface area contributed by atoms with Crippen LogP contribution in [0.1, 0.15) is 34.6 Å². The van der Waals surface area contributed by atoms with Crippen molar-refractivity contribution in [2.75, 3.05) is 6.61 Å². The molecule has 0 saturated heterocycles. The first-order valence-electron chi connectivity index (χ1n) is 6.05. The summed E-state index contributed by atoms with van der Waals surface area (Å²) in [7, 11) is -2.08. The second kappa shape index (κ2) is 5.98. The maximum atomic E-state index is 11.7. The van der Waals surface area contributed by atoms with Gasteiger partial charge in [0.25, 0.3) is 0 Å². The lowest BCUT2D eigenvalue weighted by molar-refractivity contribution is -0.157. The van der Waals surface area contributed by atoms with E-state index in [9.17, 15) is 9.90 Å². The monoisotopic (exact) mass is 262 g/mol. The molecule has 0 aliphatic carbocycles. The van der Waals surface area contributed by atoms with Gasteiger partial charge in [-0.15, -0.1) is 0 Å². The Morgan fingerprint density at radius 2 is 1.82 bits per heavy atom. The van der Waals surface area contributed by atoms with Crippen LogP contribution >= 0.6 is 0 Å². The summed E-state index contributed by atoms with van der Waals surface area (Å²) < 4.78 is 10.8. The van der Waals surface area contributed by atoms with Gasteiger partial charge in [-0.2, -0.15) is 0 Å². The molecule has 0 aliphatic rings. The third kappa shape index (κ3) is 4.77. The Balaban J connectivity index is 4.83. The van der Waals surface area contributed by atoms with E-state index in [1.807, 2.05) is 13.1 Å². The van der Waals surface area contributed by atoms with Gasteiger partial charge in [0.15, 0.2) is 14.4 Å². The van der Waals surface area contributed by atoms with Crippen molar-refractivity contribution in [2.24, 2.45) is 0 Å². The fourth-order valence-electron chi connectivity index (χ4n) is 1.06.